The fourth-order valence-corrected chi connectivity index (χ4v) is 2.23. The van der Waals surface area contributed by atoms with Crippen LogP contribution in [0.25, 0.3) is 0 Å². The number of aromatic amines is 1. The smallest absolute Gasteiger partial charge is 0.333 e. The lowest BCUT2D eigenvalue weighted by Gasteiger charge is -2.26. The number of pyridine rings is 1. The van der Waals surface area contributed by atoms with Gasteiger partial charge >= 0.3 is 5.97 Å². The number of H-pyrrole nitrogens is 1. The number of nitrogens with zero attached hydrogens (tertiary/aromatic N) is 1. The second-order valence-corrected chi connectivity index (χ2v) is 4.92. The molecule has 0 fully saturated rings. The van der Waals surface area contributed by atoms with E-state index in [4.69, 9.17) is 0 Å². The standard InChI is InChI=1S/C16H14F2N2O4/c1-20(15(22)10-4-3-7-19-14(10)21)13(16(23)24-2)11-8-9(17)5-6-12(11)18/h3-8,13H,1-2H3,(H,19,21). The van der Waals surface area contributed by atoms with E-state index >= 15 is 0 Å². The number of benzene rings is 1. The molecule has 126 valence electrons. The van der Waals surface area contributed by atoms with Crippen LogP contribution in [0.2, 0.25) is 0 Å². The Labute approximate surface area is 135 Å². The zero-order valence-electron chi connectivity index (χ0n) is 12.9. The number of ether oxygens (including phenoxy) is 1. The summed E-state index contributed by atoms with van der Waals surface area (Å²) in [5, 5.41) is 0. The first-order valence-electron chi connectivity index (χ1n) is 6.84. The summed E-state index contributed by atoms with van der Waals surface area (Å²) in [4.78, 5) is 39.4. The molecule has 0 aliphatic heterocycles. The van der Waals surface area contributed by atoms with Gasteiger partial charge in [-0.05, 0) is 30.3 Å². The fourth-order valence-electron chi connectivity index (χ4n) is 2.23. The predicted molar refractivity (Wildman–Crippen MR) is 80.3 cm³/mol. The molecule has 0 saturated carbocycles. The Balaban J connectivity index is 2.50. The van der Waals surface area contributed by atoms with E-state index < -0.39 is 35.1 Å². The van der Waals surface area contributed by atoms with E-state index in [0.717, 1.165) is 30.2 Å². The summed E-state index contributed by atoms with van der Waals surface area (Å²) in [6, 6.07) is 3.67. The van der Waals surface area contributed by atoms with Crippen molar-refractivity contribution in [2.75, 3.05) is 14.2 Å². The van der Waals surface area contributed by atoms with Crippen LogP contribution in [0.3, 0.4) is 0 Å². The largest absolute Gasteiger partial charge is 0.467 e. The number of amides is 1. The van der Waals surface area contributed by atoms with Crippen molar-refractivity contribution in [2.24, 2.45) is 0 Å². The summed E-state index contributed by atoms with van der Waals surface area (Å²) in [5.74, 6) is -3.47. The summed E-state index contributed by atoms with van der Waals surface area (Å²) in [6.07, 6.45) is 1.34. The SMILES string of the molecule is COC(=O)C(c1cc(F)ccc1F)N(C)C(=O)c1ccc[nH]c1=O. The van der Waals surface area contributed by atoms with Crippen molar-refractivity contribution in [3.8, 4) is 0 Å². The molecule has 1 unspecified atom stereocenters. The molecule has 6 nitrogen and oxygen atoms in total. The van der Waals surface area contributed by atoms with Crippen molar-refractivity contribution in [3.63, 3.8) is 0 Å². The molecular formula is C16H14F2N2O4. The zero-order valence-corrected chi connectivity index (χ0v) is 12.9. The Morgan fingerprint density at radius 1 is 1.25 bits per heavy atom. The minimum absolute atomic E-state index is 0.245. The van der Waals surface area contributed by atoms with Gasteiger partial charge in [-0.1, -0.05) is 0 Å². The first-order valence-corrected chi connectivity index (χ1v) is 6.84. The van der Waals surface area contributed by atoms with Crippen LogP contribution in [-0.2, 0) is 9.53 Å². The lowest BCUT2D eigenvalue weighted by molar-refractivity contribution is -0.146. The van der Waals surface area contributed by atoms with Crippen LogP contribution < -0.4 is 5.56 Å². The molecule has 0 aliphatic rings. The lowest BCUT2D eigenvalue weighted by atomic mass is 10.0. The van der Waals surface area contributed by atoms with Gasteiger partial charge < -0.3 is 14.6 Å². The molecule has 1 heterocycles. The number of nitrogens with one attached hydrogen (secondary N) is 1. The van der Waals surface area contributed by atoms with Gasteiger partial charge in [0.05, 0.1) is 7.11 Å². The highest BCUT2D eigenvalue weighted by molar-refractivity contribution is 5.96. The van der Waals surface area contributed by atoms with Crippen LogP contribution in [-0.4, -0.2) is 35.9 Å². The quantitative estimate of drug-likeness (QED) is 0.861. The maximum Gasteiger partial charge on any atom is 0.333 e. The topological polar surface area (TPSA) is 79.5 Å². The van der Waals surface area contributed by atoms with Crippen molar-refractivity contribution in [3.05, 3.63) is 69.6 Å². The third kappa shape index (κ3) is 3.32. The molecule has 1 N–H and O–H groups in total. The number of hydrogen-bond acceptors (Lipinski definition) is 4. The predicted octanol–water partition coefficient (Wildman–Crippen LogP) is 1.64. The maximum atomic E-state index is 14.0. The lowest BCUT2D eigenvalue weighted by Crippen LogP contribution is -2.39. The normalized spacial score (nSPS) is 11.7. The van der Waals surface area contributed by atoms with Crippen LogP contribution in [0.15, 0.2) is 41.3 Å². The number of carbonyl (C=O) groups is 2. The molecule has 0 radical (unpaired) electrons. The van der Waals surface area contributed by atoms with Gasteiger partial charge in [-0.25, -0.2) is 13.6 Å². The van der Waals surface area contributed by atoms with E-state index in [1.54, 1.807) is 0 Å². The van der Waals surface area contributed by atoms with Gasteiger partial charge in [-0.15, -0.1) is 0 Å². The van der Waals surface area contributed by atoms with Crippen molar-refractivity contribution >= 4 is 11.9 Å². The number of likely N-dealkylation sites (N-methyl/N-ethyl adjacent to an activating group) is 1. The van der Waals surface area contributed by atoms with Crippen LogP contribution in [0.1, 0.15) is 22.0 Å². The second kappa shape index (κ2) is 7.03. The summed E-state index contributed by atoms with van der Waals surface area (Å²) in [6.45, 7) is 0. The Morgan fingerprint density at radius 3 is 2.58 bits per heavy atom. The Kier molecular flexibility index (Phi) is 5.08. The third-order valence-electron chi connectivity index (χ3n) is 3.43. The van der Waals surface area contributed by atoms with Crippen LogP contribution in [0, 0.1) is 11.6 Å². The zero-order chi connectivity index (χ0) is 17.9. The third-order valence-corrected chi connectivity index (χ3v) is 3.43. The molecule has 2 rings (SSSR count). The number of hydrogen-bond donors (Lipinski definition) is 1. The molecular weight excluding hydrogens is 322 g/mol. The fraction of sp³-hybridized carbons (Fsp3) is 0.188. The van der Waals surface area contributed by atoms with Crippen LogP contribution in [0.4, 0.5) is 8.78 Å². The van der Waals surface area contributed by atoms with Gasteiger partial charge in [0, 0.05) is 18.8 Å². The summed E-state index contributed by atoms with van der Waals surface area (Å²) in [7, 11) is 2.25. The number of carbonyl (C=O) groups excluding carboxylic acids is 2. The molecule has 0 spiro atoms. The second-order valence-electron chi connectivity index (χ2n) is 4.92. The van der Waals surface area contributed by atoms with Crippen molar-refractivity contribution in [1.29, 1.82) is 0 Å². The molecule has 1 aromatic heterocycles. The molecule has 1 atom stereocenters. The van der Waals surface area contributed by atoms with E-state index in [0.29, 0.717) is 0 Å². The average molecular weight is 336 g/mol. The molecule has 1 aromatic carbocycles. The molecule has 8 heteroatoms. The minimum Gasteiger partial charge on any atom is -0.467 e. The van der Waals surface area contributed by atoms with Gasteiger partial charge in [-0.2, -0.15) is 0 Å². The summed E-state index contributed by atoms with van der Waals surface area (Å²) < 4.78 is 32.1. The van der Waals surface area contributed by atoms with Gasteiger partial charge in [0.1, 0.15) is 17.2 Å². The minimum atomic E-state index is -1.54. The first-order chi connectivity index (χ1) is 11.4. The molecule has 0 saturated heterocycles. The monoisotopic (exact) mass is 336 g/mol. The number of esters is 1. The number of aromatic nitrogens is 1. The molecule has 24 heavy (non-hydrogen) atoms. The van der Waals surface area contributed by atoms with Crippen molar-refractivity contribution in [2.45, 2.75) is 6.04 Å². The molecule has 0 bridgehead atoms. The highest BCUT2D eigenvalue weighted by atomic mass is 19.1. The maximum absolute atomic E-state index is 14.0. The van der Waals surface area contributed by atoms with E-state index in [2.05, 4.69) is 9.72 Å². The Hall–Kier alpha value is -3.03. The van der Waals surface area contributed by atoms with Crippen LogP contribution >= 0.6 is 0 Å². The van der Waals surface area contributed by atoms with E-state index in [1.807, 2.05) is 0 Å². The number of halogens is 2. The van der Waals surface area contributed by atoms with Gasteiger partial charge in [0.25, 0.3) is 11.5 Å². The molecule has 1 amide bonds. The van der Waals surface area contributed by atoms with Gasteiger partial charge in [0.2, 0.25) is 0 Å². The first kappa shape index (κ1) is 17.3. The van der Waals surface area contributed by atoms with E-state index in [9.17, 15) is 23.2 Å². The highest BCUT2D eigenvalue weighted by Gasteiger charge is 2.33. The Morgan fingerprint density at radius 2 is 1.96 bits per heavy atom. The Bertz CT molecular complexity index is 835. The highest BCUT2D eigenvalue weighted by Crippen LogP contribution is 2.25. The summed E-state index contributed by atoms with van der Waals surface area (Å²) in [5.41, 5.74) is -1.28. The van der Waals surface area contributed by atoms with Crippen LogP contribution in [0.5, 0.6) is 0 Å². The number of rotatable bonds is 4. The van der Waals surface area contributed by atoms with E-state index in [-0.39, 0.29) is 11.1 Å². The van der Waals surface area contributed by atoms with Gasteiger partial charge in [0.15, 0.2) is 6.04 Å². The van der Waals surface area contributed by atoms with Crippen molar-refractivity contribution in [1.82, 2.24) is 9.88 Å². The van der Waals surface area contributed by atoms with Gasteiger partial charge in [-0.3, -0.25) is 9.59 Å². The number of methoxy groups -OCH3 is 1. The molecule has 0 aliphatic carbocycles. The van der Waals surface area contributed by atoms with Crippen molar-refractivity contribution < 1.29 is 23.1 Å². The summed E-state index contributed by atoms with van der Waals surface area (Å²) >= 11 is 0. The van der Waals surface area contributed by atoms with E-state index in [1.165, 1.54) is 25.4 Å². The molecule has 2 aromatic rings. The average Bonchev–Trinajstić information content (AvgIpc) is 2.57.